The molecule has 0 spiro atoms. The van der Waals surface area contributed by atoms with Crippen molar-refractivity contribution in [1.29, 1.82) is 0 Å². The predicted molar refractivity (Wildman–Crippen MR) is 105 cm³/mol. The zero-order valence-electron chi connectivity index (χ0n) is 17.6. The summed E-state index contributed by atoms with van der Waals surface area (Å²) < 4.78 is 16.4. The minimum absolute atomic E-state index is 0.102. The molecule has 0 saturated carbocycles. The third-order valence-electron chi connectivity index (χ3n) is 3.93. The van der Waals surface area contributed by atoms with Crippen LogP contribution in [0.3, 0.4) is 0 Å². The summed E-state index contributed by atoms with van der Waals surface area (Å²) in [7, 11) is 0. The van der Waals surface area contributed by atoms with Crippen molar-refractivity contribution in [3.8, 4) is 0 Å². The lowest BCUT2D eigenvalue weighted by molar-refractivity contribution is -0.126. The zero-order valence-corrected chi connectivity index (χ0v) is 17.6. The SMILES string of the molecule is CC(C)OCC(=O)CCCOCCCCCOCCCC(=O)C(C)(C)C. The van der Waals surface area contributed by atoms with Gasteiger partial charge in [-0.2, -0.15) is 0 Å². The Hall–Kier alpha value is -0.780. The van der Waals surface area contributed by atoms with Crippen LogP contribution in [0.25, 0.3) is 0 Å². The first-order valence-electron chi connectivity index (χ1n) is 10.1. The van der Waals surface area contributed by atoms with Crippen LogP contribution in [0.4, 0.5) is 0 Å². The molecule has 154 valence electrons. The number of rotatable bonds is 17. The Balaban J connectivity index is 3.25. The van der Waals surface area contributed by atoms with Crippen LogP contribution < -0.4 is 0 Å². The summed E-state index contributed by atoms with van der Waals surface area (Å²) in [6, 6.07) is 0. The van der Waals surface area contributed by atoms with Crippen LogP contribution in [0.2, 0.25) is 0 Å². The Morgan fingerprint density at radius 1 is 0.769 bits per heavy atom. The molecule has 0 aliphatic heterocycles. The fraction of sp³-hybridized carbons (Fsp3) is 0.905. The molecule has 0 radical (unpaired) electrons. The first-order valence-corrected chi connectivity index (χ1v) is 10.1. The summed E-state index contributed by atoms with van der Waals surface area (Å²) in [5.41, 5.74) is -0.241. The Bertz CT molecular complexity index is 371. The van der Waals surface area contributed by atoms with Gasteiger partial charge in [-0.15, -0.1) is 0 Å². The molecular formula is C21H40O5. The normalized spacial score (nSPS) is 11.9. The van der Waals surface area contributed by atoms with Gasteiger partial charge in [-0.25, -0.2) is 0 Å². The minimum Gasteiger partial charge on any atom is -0.381 e. The second-order valence-electron chi connectivity index (χ2n) is 8.06. The van der Waals surface area contributed by atoms with E-state index in [-0.39, 0.29) is 23.9 Å². The van der Waals surface area contributed by atoms with Crippen molar-refractivity contribution in [2.45, 2.75) is 85.7 Å². The van der Waals surface area contributed by atoms with Crippen LogP contribution in [0.5, 0.6) is 0 Å². The van der Waals surface area contributed by atoms with Crippen LogP contribution in [0.1, 0.15) is 79.6 Å². The molecule has 0 N–H and O–H groups in total. The van der Waals surface area contributed by atoms with E-state index in [1.54, 1.807) is 0 Å². The summed E-state index contributed by atoms with van der Waals surface area (Å²) in [4.78, 5) is 23.3. The van der Waals surface area contributed by atoms with Gasteiger partial charge in [-0.05, 0) is 46.0 Å². The van der Waals surface area contributed by atoms with E-state index in [0.29, 0.717) is 31.8 Å². The topological polar surface area (TPSA) is 61.8 Å². The Kier molecular flexibility index (Phi) is 14.8. The van der Waals surface area contributed by atoms with Gasteiger partial charge in [-0.1, -0.05) is 20.8 Å². The maximum Gasteiger partial charge on any atom is 0.158 e. The summed E-state index contributed by atoms with van der Waals surface area (Å²) in [5.74, 6) is 0.441. The van der Waals surface area contributed by atoms with Gasteiger partial charge in [-0.3, -0.25) is 9.59 Å². The van der Waals surface area contributed by atoms with Gasteiger partial charge in [0.15, 0.2) is 5.78 Å². The Labute approximate surface area is 160 Å². The van der Waals surface area contributed by atoms with Gasteiger partial charge in [0.2, 0.25) is 0 Å². The molecular weight excluding hydrogens is 332 g/mol. The van der Waals surface area contributed by atoms with Gasteiger partial charge in [0.1, 0.15) is 12.4 Å². The predicted octanol–water partition coefficient (Wildman–Crippen LogP) is 4.36. The van der Waals surface area contributed by atoms with E-state index in [9.17, 15) is 9.59 Å². The number of ketones is 2. The van der Waals surface area contributed by atoms with E-state index < -0.39 is 0 Å². The molecule has 0 saturated heterocycles. The van der Waals surface area contributed by atoms with E-state index in [1.807, 2.05) is 34.6 Å². The highest BCUT2D eigenvalue weighted by Gasteiger charge is 2.19. The van der Waals surface area contributed by atoms with Crippen molar-refractivity contribution in [1.82, 2.24) is 0 Å². The van der Waals surface area contributed by atoms with Crippen molar-refractivity contribution in [3.05, 3.63) is 0 Å². The van der Waals surface area contributed by atoms with Crippen molar-refractivity contribution in [2.24, 2.45) is 5.41 Å². The fourth-order valence-corrected chi connectivity index (χ4v) is 2.20. The van der Waals surface area contributed by atoms with E-state index in [0.717, 1.165) is 45.3 Å². The van der Waals surface area contributed by atoms with Gasteiger partial charge in [0.05, 0.1) is 6.10 Å². The average molecular weight is 373 g/mol. The molecule has 0 aromatic carbocycles. The molecule has 0 aliphatic carbocycles. The van der Waals surface area contributed by atoms with Crippen molar-refractivity contribution in [3.63, 3.8) is 0 Å². The van der Waals surface area contributed by atoms with Gasteiger partial charge in [0.25, 0.3) is 0 Å². The van der Waals surface area contributed by atoms with Gasteiger partial charge < -0.3 is 14.2 Å². The number of carbonyl (C=O) groups is 2. The summed E-state index contributed by atoms with van der Waals surface area (Å²) in [6.07, 6.45) is 5.89. The second kappa shape index (κ2) is 15.3. The van der Waals surface area contributed by atoms with Crippen molar-refractivity contribution < 1.29 is 23.8 Å². The Morgan fingerprint density at radius 2 is 1.27 bits per heavy atom. The number of ether oxygens (including phenoxy) is 3. The Morgan fingerprint density at radius 3 is 1.77 bits per heavy atom. The molecule has 26 heavy (non-hydrogen) atoms. The van der Waals surface area contributed by atoms with Crippen LogP contribution in [-0.2, 0) is 23.8 Å². The van der Waals surface area contributed by atoms with Gasteiger partial charge in [0, 0.05) is 44.7 Å². The molecule has 0 bridgehead atoms. The lowest BCUT2D eigenvalue weighted by Crippen LogP contribution is -2.20. The highest BCUT2D eigenvalue weighted by atomic mass is 16.5. The molecule has 0 fully saturated rings. The van der Waals surface area contributed by atoms with Crippen LogP contribution in [0.15, 0.2) is 0 Å². The molecule has 0 atom stereocenters. The molecule has 0 rings (SSSR count). The van der Waals surface area contributed by atoms with E-state index >= 15 is 0 Å². The maximum atomic E-state index is 11.7. The second-order valence-corrected chi connectivity index (χ2v) is 8.06. The first kappa shape index (κ1) is 25.2. The fourth-order valence-electron chi connectivity index (χ4n) is 2.20. The molecule has 0 aromatic rings. The third-order valence-corrected chi connectivity index (χ3v) is 3.93. The largest absolute Gasteiger partial charge is 0.381 e. The van der Waals surface area contributed by atoms with E-state index in [4.69, 9.17) is 14.2 Å². The van der Waals surface area contributed by atoms with Crippen molar-refractivity contribution in [2.75, 3.05) is 33.0 Å². The monoisotopic (exact) mass is 372 g/mol. The summed E-state index contributed by atoms with van der Waals surface area (Å²) in [5, 5.41) is 0. The third kappa shape index (κ3) is 16.7. The minimum atomic E-state index is -0.241. The number of carbonyl (C=O) groups excluding carboxylic acids is 2. The number of unbranched alkanes of at least 4 members (excludes halogenated alkanes) is 2. The number of Topliss-reactive ketones (excluding diaryl/α,β-unsaturated/α-hetero) is 2. The van der Waals surface area contributed by atoms with E-state index in [2.05, 4.69) is 0 Å². The molecule has 0 aromatic heterocycles. The van der Waals surface area contributed by atoms with Gasteiger partial charge >= 0.3 is 0 Å². The van der Waals surface area contributed by atoms with Crippen LogP contribution >= 0.6 is 0 Å². The lowest BCUT2D eigenvalue weighted by atomic mass is 9.88. The zero-order chi connectivity index (χ0) is 19.8. The molecule has 0 unspecified atom stereocenters. The molecule has 5 heteroatoms. The number of hydrogen-bond donors (Lipinski definition) is 0. The van der Waals surface area contributed by atoms with Crippen LogP contribution in [-0.4, -0.2) is 50.7 Å². The molecule has 0 aliphatic rings. The molecule has 0 amide bonds. The molecule has 0 heterocycles. The quantitative estimate of drug-likeness (QED) is 0.355. The highest BCUT2D eigenvalue weighted by Crippen LogP contribution is 2.17. The smallest absolute Gasteiger partial charge is 0.158 e. The van der Waals surface area contributed by atoms with E-state index in [1.165, 1.54) is 0 Å². The standard InChI is InChI=1S/C21H40O5/c1-18(2)26-17-19(22)11-9-15-24-13-7-6-8-14-25-16-10-12-20(23)21(3,4)5/h18H,6-17H2,1-5H3. The van der Waals surface area contributed by atoms with Crippen LogP contribution in [0, 0.1) is 5.41 Å². The average Bonchev–Trinajstić information content (AvgIpc) is 2.56. The number of hydrogen-bond acceptors (Lipinski definition) is 5. The van der Waals surface area contributed by atoms with Crippen molar-refractivity contribution >= 4 is 11.6 Å². The summed E-state index contributed by atoms with van der Waals surface area (Å²) in [6.45, 7) is 12.7. The molecule has 5 nitrogen and oxygen atoms in total. The first-order chi connectivity index (χ1) is 12.2. The lowest BCUT2D eigenvalue weighted by Gasteiger charge is -2.16. The maximum absolute atomic E-state index is 11.7. The summed E-state index contributed by atoms with van der Waals surface area (Å²) >= 11 is 0. The highest BCUT2D eigenvalue weighted by molar-refractivity contribution is 5.83.